The highest BCUT2D eigenvalue weighted by molar-refractivity contribution is 5.98. The van der Waals surface area contributed by atoms with E-state index in [2.05, 4.69) is 10.2 Å². The molecule has 0 radical (unpaired) electrons. The third kappa shape index (κ3) is 8.26. The molecule has 0 bridgehead atoms. The van der Waals surface area contributed by atoms with Crippen molar-refractivity contribution in [2.45, 2.75) is 45.4 Å². The number of nitrogens with zero attached hydrogens (tertiary/aromatic N) is 1. The van der Waals surface area contributed by atoms with Crippen LogP contribution in [0, 0.1) is 11.7 Å². The number of benzene rings is 2. The molecule has 1 unspecified atom stereocenters. The molecular weight excluding hydrogens is 423 g/mol. The van der Waals surface area contributed by atoms with Crippen LogP contribution in [0.3, 0.4) is 0 Å². The van der Waals surface area contributed by atoms with Gasteiger partial charge in [-0.1, -0.05) is 30.3 Å². The SMILES string of the molecule is CC(C)(C)OCC(CCN1CC(C(=O)c2ccc(F)cc2)C1)NC(=O)OCc1ccccc1. The van der Waals surface area contributed by atoms with Crippen molar-refractivity contribution in [3.8, 4) is 0 Å². The third-order valence-corrected chi connectivity index (χ3v) is 5.50. The molecule has 3 rings (SSSR count). The van der Waals surface area contributed by atoms with Gasteiger partial charge in [-0.25, -0.2) is 9.18 Å². The number of nitrogens with one attached hydrogen (secondary N) is 1. The number of carbonyl (C=O) groups excluding carboxylic acids is 2. The maximum atomic E-state index is 13.1. The number of hydrogen-bond acceptors (Lipinski definition) is 5. The fraction of sp³-hybridized carbons (Fsp3) is 0.462. The van der Waals surface area contributed by atoms with Crippen LogP contribution >= 0.6 is 0 Å². The lowest BCUT2D eigenvalue weighted by Gasteiger charge is -2.39. The van der Waals surface area contributed by atoms with Crippen molar-refractivity contribution in [3.05, 3.63) is 71.5 Å². The van der Waals surface area contributed by atoms with Gasteiger partial charge in [-0.2, -0.15) is 0 Å². The zero-order chi connectivity index (χ0) is 23.8. The zero-order valence-electron chi connectivity index (χ0n) is 19.6. The normalized spacial score (nSPS) is 15.5. The van der Waals surface area contributed by atoms with Gasteiger partial charge in [-0.3, -0.25) is 4.79 Å². The highest BCUT2D eigenvalue weighted by Gasteiger charge is 2.33. The zero-order valence-corrected chi connectivity index (χ0v) is 19.6. The van der Waals surface area contributed by atoms with Crippen LogP contribution in [0.1, 0.15) is 43.1 Å². The van der Waals surface area contributed by atoms with Gasteiger partial charge >= 0.3 is 6.09 Å². The molecule has 2 aromatic rings. The van der Waals surface area contributed by atoms with Crippen molar-refractivity contribution in [1.82, 2.24) is 10.2 Å². The standard InChI is InChI=1S/C26H33FN2O4/c1-26(2,3)33-18-23(28-25(31)32-17-19-7-5-4-6-8-19)13-14-29-15-21(16-29)24(30)20-9-11-22(27)12-10-20/h4-12,21,23H,13-18H2,1-3H3,(H,28,31). The van der Waals surface area contributed by atoms with Gasteiger partial charge in [0.05, 0.1) is 18.2 Å². The van der Waals surface area contributed by atoms with E-state index in [0.29, 0.717) is 31.7 Å². The van der Waals surface area contributed by atoms with Crippen LogP contribution in [0.2, 0.25) is 0 Å². The van der Waals surface area contributed by atoms with E-state index in [1.165, 1.54) is 24.3 Å². The van der Waals surface area contributed by atoms with Crippen molar-refractivity contribution < 1.29 is 23.5 Å². The maximum Gasteiger partial charge on any atom is 0.407 e. The Labute approximate surface area is 195 Å². The van der Waals surface area contributed by atoms with Crippen LogP contribution in [0.25, 0.3) is 0 Å². The minimum atomic E-state index is -0.477. The highest BCUT2D eigenvalue weighted by atomic mass is 19.1. The van der Waals surface area contributed by atoms with Crippen molar-refractivity contribution in [2.24, 2.45) is 5.92 Å². The van der Waals surface area contributed by atoms with Gasteiger partial charge < -0.3 is 19.7 Å². The number of carbonyl (C=O) groups is 2. The first-order valence-electron chi connectivity index (χ1n) is 11.3. The molecule has 1 fully saturated rings. The molecule has 7 heteroatoms. The summed E-state index contributed by atoms with van der Waals surface area (Å²) in [6.07, 6.45) is 0.197. The summed E-state index contributed by atoms with van der Waals surface area (Å²) in [6.45, 7) is 8.53. The van der Waals surface area contributed by atoms with E-state index >= 15 is 0 Å². The van der Waals surface area contributed by atoms with Gasteiger partial charge in [0.25, 0.3) is 0 Å². The van der Waals surface area contributed by atoms with Crippen molar-refractivity contribution >= 4 is 11.9 Å². The number of ether oxygens (including phenoxy) is 2. The molecular formula is C26H33FN2O4. The van der Waals surface area contributed by atoms with Crippen LogP contribution in [0.15, 0.2) is 54.6 Å². The van der Waals surface area contributed by atoms with E-state index in [9.17, 15) is 14.0 Å². The van der Waals surface area contributed by atoms with E-state index in [4.69, 9.17) is 9.47 Å². The second-order valence-electron chi connectivity index (χ2n) is 9.44. The number of ketones is 1. The molecule has 0 aromatic heterocycles. The summed E-state index contributed by atoms with van der Waals surface area (Å²) < 4.78 is 24.3. The molecule has 1 N–H and O–H groups in total. The number of rotatable bonds is 10. The van der Waals surface area contributed by atoms with Gasteiger partial charge in [-0.15, -0.1) is 0 Å². The summed E-state index contributed by atoms with van der Waals surface area (Å²) in [5, 5.41) is 2.91. The van der Waals surface area contributed by atoms with Gasteiger partial charge in [0.2, 0.25) is 0 Å². The Kier molecular flexibility index (Phi) is 8.58. The Morgan fingerprint density at radius 1 is 1.09 bits per heavy atom. The minimum absolute atomic E-state index is 0.0430. The number of likely N-dealkylation sites (tertiary alicyclic amines) is 1. The summed E-state index contributed by atoms with van der Waals surface area (Å²) in [7, 11) is 0. The molecule has 6 nitrogen and oxygen atoms in total. The van der Waals surface area contributed by atoms with E-state index in [1.54, 1.807) is 0 Å². The Bertz CT molecular complexity index is 906. The third-order valence-electron chi connectivity index (χ3n) is 5.50. The number of halogens is 1. The van der Waals surface area contributed by atoms with Crippen molar-refractivity contribution in [2.75, 3.05) is 26.2 Å². The summed E-state index contributed by atoms with van der Waals surface area (Å²) in [4.78, 5) is 27.0. The molecule has 0 aliphatic carbocycles. The molecule has 178 valence electrons. The molecule has 1 aliphatic rings. The van der Waals surface area contributed by atoms with Gasteiger partial charge in [0, 0.05) is 31.1 Å². The van der Waals surface area contributed by atoms with E-state index in [1.807, 2.05) is 51.1 Å². The topological polar surface area (TPSA) is 67.9 Å². The smallest absolute Gasteiger partial charge is 0.407 e. The van der Waals surface area contributed by atoms with Gasteiger partial charge in [0.15, 0.2) is 5.78 Å². The largest absolute Gasteiger partial charge is 0.445 e. The molecule has 33 heavy (non-hydrogen) atoms. The number of hydrogen-bond donors (Lipinski definition) is 1. The maximum absolute atomic E-state index is 13.1. The predicted octanol–water partition coefficient (Wildman–Crippen LogP) is 4.44. The average Bonchev–Trinajstić information content (AvgIpc) is 2.75. The number of alkyl carbamates (subject to hydrolysis) is 1. The van der Waals surface area contributed by atoms with Gasteiger partial charge in [0.1, 0.15) is 12.4 Å². The second-order valence-corrected chi connectivity index (χ2v) is 9.44. The number of amides is 1. The summed E-state index contributed by atoms with van der Waals surface area (Å²) >= 11 is 0. The Morgan fingerprint density at radius 3 is 2.39 bits per heavy atom. The predicted molar refractivity (Wildman–Crippen MR) is 125 cm³/mol. The van der Waals surface area contributed by atoms with Crippen molar-refractivity contribution in [3.63, 3.8) is 0 Å². The summed E-state index contributed by atoms with van der Waals surface area (Å²) in [5.41, 5.74) is 1.14. The Hall–Kier alpha value is -2.77. The average molecular weight is 457 g/mol. The van der Waals surface area contributed by atoms with Crippen LogP contribution < -0.4 is 5.32 Å². The highest BCUT2D eigenvalue weighted by Crippen LogP contribution is 2.21. The molecule has 1 saturated heterocycles. The molecule has 2 aromatic carbocycles. The molecule has 1 heterocycles. The van der Waals surface area contributed by atoms with Crippen LogP contribution in [-0.2, 0) is 16.1 Å². The lowest BCUT2D eigenvalue weighted by molar-refractivity contribution is -0.0180. The quantitative estimate of drug-likeness (QED) is 0.536. The molecule has 1 atom stereocenters. The number of Topliss-reactive ketones (excluding diaryl/α,β-unsaturated/α-hetero) is 1. The minimum Gasteiger partial charge on any atom is -0.445 e. The molecule has 1 amide bonds. The monoisotopic (exact) mass is 456 g/mol. The van der Waals surface area contributed by atoms with E-state index in [-0.39, 0.29) is 35.8 Å². The molecule has 1 aliphatic heterocycles. The summed E-state index contributed by atoms with van der Waals surface area (Å²) in [5.74, 6) is -0.384. The Morgan fingerprint density at radius 2 is 1.76 bits per heavy atom. The first kappa shape index (κ1) is 24.9. The fourth-order valence-corrected chi connectivity index (χ4v) is 3.59. The van der Waals surface area contributed by atoms with E-state index < -0.39 is 6.09 Å². The van der Waals surface area contributed by atoms with Crippen LogP contribution in [0.4, 0.5) is 9.18 Å². The summed E-state index contributed by atoms with van der Waals surface area (Å²) in [6, 6.07) is 15.0. The van der Waals surface area contributed by atoms with E-state index in [0.717, 1.165) is 12.1 Å². The lowest BCUT2D eigenvalue weighted by atomic mass is 9.90. The second kappa shape index (κ2) is 11.4. The first-order chi connectivity index (χ1) is 15.7. The van der Waals surface area contributed by atoms with Crippen LogP contribution in [-0.4, -0.2) is 54.7 Å². The van der Waals surface area contributed by atoms with Crippen molar-refractivity contribution in [1.29, 1.82) is 0 Å². The first-order valence-corrected chi connectivity index (χ1v) is 11.3. The molecule has 0 spiro atoms. The molecule has 0 saturated carbocycles. The lowest BCUT2D eigenvalue weighted by Crippen LogP contribution is -2.52. The fourth-order valence-electron chi connectivity index (χ4n) is 3.59. The Balaban J connectivity index is 1.45. The van der Waals surface area contributed by atoms with Gasteiger partial charge in [-0.05, 0) is 57.0 Å². The van der Waals surface area contributed by atoms with Crippen LogP contribution in [0.5, 0.6) is 0 Å².